The Morgan fingerprint density at radius 1 is 1.27 bits per heavy atom. The molecule has 78 valence electrons. The molecule has 0 fully saturated rings. The van der Waals surface area contributed by atoms with Crippen molar-refractivity contribution in [3.8, 4) is 0 Å². The number of nitrogens with two attached hydrogens (primary N) is 1. The second kappa shape index (κ2) is 3.47. The second-order valence-electron chi connectivity index (χ2n) is 3.57. The summed E-state index contributed by atoms with van der Waals surface area (Å²) >= 11 is 0. The fourth-order valence-electron chi connectivity index (χ4n) is 1.70. The number of pyridine rings is 1. The van der Waals surface area contributed by atoms with Gasteiger partial charge in [-0.05, 0) is 37.6 Å². The van der Waals surface area contributed by atoms with E-state index in [2.05, 4.69) is 10.4 Å². The molecule has 0 aliphatic heterocycles. The number of nitrogens with one attached hydrogen (secondary N) is 1. The lowest BCUT2D eigenvalue weighted by atomic mass is 10.1. The standard InChI is InChI=1S/C11H12FN3/c1-6-3-8(12)5-9-10(15-13)4-7(2)14-11(6)9/h3-5H,13H2,1-2H3,(H,14,15). The fraction of sp³-hybridized carbons (Fsp3) is 0.182. The van der Waals surface area contributed by atoms with Crippen molar-refractivity contribution in [3.05, 3.63) is 35.3 Å². The molecule has 0 unspecified atom stereocenters. The van der Waals surface area contributed by atoms with Crippen molar-refractivity contribution < 1.29 is 4.39 Å². The van der Waals surface area contributed by atoms with Crippen LogP contribution in [0.25, 0.3) is 10.9 Å². The summed E-state index contributed by atoms with van der Waals surface area (Å²) in [5.74, 6) is 5.11. The van der Waals surface area contributed by atoms with E-state index in [4.69, 9.17) is 5.84 Å². The normalized spacial score (nSPS) is 10.7. The zero-order valence-corrected chi connectivity index (χ0v) is 8.63. The number of nitrogens with zero attached hydrogens (tertiary/aromatic N) is 1. The second-order valence-corrected chi connectivity index (χ2v) is 3.57. The first-order chi connectivity index (χ1) is 7.11. The zero-order chi connectivity index (χ0) is 11.0. The summed E-state index contributed by atoms with van der Waals surface area (Å²) in [5, 5.41) is 0.709. The van der Waals surface area contributed by atoms with E-state index in [1.807, 2.05) is 13.8 Å². The number of rotatable bonds is 1. The van der Waals surface area contributed by atoms with E-state index >= 15 is 0 Å². The summed E-state index contributed by atoms with van der Waals surface area (Å²) in [7, 11) is 0. The third kappa shape index (κ3) is 1.64. The van der Waals surface area contributed by atoms with Crippen LogP contribution in [0.15, 0.2) is 18.2 Å². The van der Waals surface area contributed by atoms with Gasteiger partial charge in [0.05, 0.1) is 11.2 Å². The molecule has 0 radical (unpaired) electrons. The number of anilines is 1. The SMILES string of the molecule is Cc1cc(NN)c2cc(F)cc(C)c2n1. The minimum absolute atomic E-state index is 0.276. The van der Waals surface area contributed by atoms with Gasteiger partial charge in [-0.2, -0.15) is 0 Å². The molecular weight excluding hydrogens is 193 g/mol. The molecule has 1 heterocycles. The van der Waals surface area contributed by atoms with E-state index in [0.717, 1.165) is 16.8 Å². The van der Waals surface area contributed by atoms with Crippen molar-refractivity contribution in [2.75, 3.05) is 5.43 Å². The molecule has 0 aliphatic rings. The molecule has 0 saturated carbocycles. The number of aryl methyl sites for hydroxylation is 2. The van der Waals surface area contributed by atoms with Crippen molar-refractivity contribution >= 4 is 16.6 Å². The van der Waals surface area contributed by atoms with Gasteiger partial charge in [0.25, 0.3) is 0 Å². The minimum atomic E-state index is -0.276. The average molecular weight is 205 g/mol. The molecule has 0 spiro atoms. The van der Waals surface area contributed by atoms with Crippen LogP contribution in [0.5, 0.6) is 0 Å². The highest BCUT2D eigenvalue weighted by Crippen LogP contribution is 2.25. The van der Waals surface area contributed by atoms with Gasteiger partial charge in [0, 0.05) is 11.1 Å². The van der Waals surface area contributed by atoms with Crippen molar-refractivity contribution in [2.24, 2.45) is 5.84 Å². The first kappa shape index (κ1) is 9.86. The highest BCUT2D eigenvalue weighted by molar-refractivity contribution is 5.93. The molecule has 3 N–H and O–H groups in total. The van der Waals surface area contributed by atoms with Gasteiger partial charge in [-0.25, -0.2) is 4.39 Å². The van der Waals surface area contributed by atoms with Gasteiger partial charge < -0.3 is 5.43 Å². The largest absolute Gasteiger partial charge is 0.323 e. The number of hydrazine groups is 1. The molecule has 0 saturated heterocycles. The number of nitrogen functional groups attached to an aromatic ring is 1. The lowest BCUT2D eigenvalue weighted by Gasteiger charge is -2.08. The van der Waals surface area contributed by atoms with Gasteiger partial charge in [0.2, 0.25) is 0 Å². The van der Waals surface area contributed by atoms with Gasteiger partial charge >= 0.3 is 0 Å². The van der Waals surface area contributed by atoms with Gasteiger partial charge in [-0.1, -0.05) is 0 Å². The number of fused-ring (bicyclic) bond motifs is 1. The molecule has 2 aromatic rings. The van der Waals surface area contributed by atoms with Gasteiger partial charge in [-0.15, -0.1) is 0 Å². The minimum Gasteiger partial charge on any atom is -0.323 e. The van der Waals surface area contributed by atoms with E-state index in [0.29, 0.717) is 11.1 Å². The monoisotopic (exact) mass is 205 g/mol. The summed E-state index contributed by atoms with van der Waals surface area (Å²) in [6, 6.07) is 4.69. The van der Waals surface area contributed by atoms with Crippen molar-refractivity contribution in [2.45, 2.75) is 13.8 Å². The van der Waals surface area contributed by atoms with Crippen molar-refractivity contribution in [1.29, 1.82) is 0 Å². The Labute approximate surface area is 87.1 Å². The summed E-state index contributed by atoms with van der Waals surface area (Å²) in [6.07, 6.45) is 0. The number of hydrogen-bond donors (Lipinski definition) is 2. The molecule has 0 aliphatic carbocycles. The quantitative estimate of drug-likeness (QED) is 0.554. The van der Waals surface area contributed by atoms with Crippen LogP contribution in [0.2, 0.25) is 0 Å². The molecule has 15 heavy (non-hydrogen) atoms. The Hall–Kier alpha value is -1.68. The highest BCUT2D eigenvalue weighted by atomic mass is 19.1. The molecule has 0 bridgehead atoms. The smallest absolute Gasteiger partial charge is 0.124 e. The van der Waals surface area contributed by atoms with Crippen LogP contribution in [0.3, 0.4) is 0 Å². The molecule has 1 aromatic carbocycles. The molecular formula is C11H12FN3. The summed E-state index contributed by atoms with van der Waals surface area (Å²) < 4.78 is 13.2. The van der Waals surface area contributed by atoms with Crippen LogP contribution in [0, 0.1) is 19.7 Å². The van der Waals surface area contributed by atoms with Crippen molar-refractivity contribution in [1.82, 2.24) is 4.98 Å². The number of benzene rings is 1. The highest BCUT2D eigenvalue weighted by Gasteiger charge is 2.07. The molecule has 0 atom stereocenters. The van der Waals surface area contributed by atoms with Gasteiger partial charge in [0.1, 0.15) is 5.82 Å². The number of hydrogen-bond acceptors (Lipinski definition) is 3. The zero-order valence-electron chi connectivity index (χ0n) is 8.63. The maximum atomic E-state index is 13.2. The predicted octanol–water partition coefficient (Wildman–Crippen LogP) is 2.28. The third-order valence-corrected chi connectivity index (χ3v) is 2.35. The Morgan fingerprint density at radius 2 is 2.00 bits per heavy atom. The summed E-state index contributed by atoms with van der Waals surface area (Å²) in [6.45, 7) is 3.71. The van der Waals surface area contributed by atoms with Gasteiger partial charge in [0.15, 0.2) is 0 Å². The molecule has 2 rings (SSSR count). The van der Waals surface area contributed by atoms with E-state index in [9.17, 15) is 4.39 Å². The molecule has 1 aromatic heterocycles. The summed E-state index contributed by atoms with van der Waals surface area (Å²) in [5.41, 5.74) is 5.70. The predicted molar refractivity (Wildman–Crippen MR) is 59.0 cm³/mol. The first-order valence-electron chi connectivity index (χ1n) is 4.66. The van der Waals surface area contributed by atoms with Gasteiger partial charge in [-0.3, -0.25) is 10.8 Å². The summed E-state index contributed by atoms with van der Waals surface area (Å²) in [4.78, 5) is 4.36. The van der Waals surface area contributed by atoms with E-state index in [-0.39, 0.29) is 5.82 Å². The van der Waals surface area contributed by atoms with E-state index in [1.165, 1.54) is 12.1 Å². The Balaban J connectivity index is 2.89. The molecule has 0 amide bonds. The first-order valence-corrected chi connectivity index (χ1v) is 4.66. The lowest BCUT2D eigenvalue weighted by Crippen LogP contribution is -2.08. The maximum Gasteiger partial charge on any atom is 0.124 e. The van der Waals surface area contributed by atoms with Crippen LogP contribution in [0.1, 0.15) is 11.3 Å². The van der Waals surface area contributed by atoms with Crippen LogP contribution in [0.4, 0.5) is 10.1 Å². The van der Waals surface area contributed by atoms with Crippen LogP contribution in [-0.2, 0) is 0 Å². The van der Waals surface area contributed by atoms with E-state index in [1.54, 1.807) is 6.07 Å². The fourth-order valence-corrected chi connectivity index (χ4v) is 1.70. The third-order valence-electron chi connectivity index (χ3n) is 2.35. The molecule has 3 nitrogen and oxygen atoms in total. The van der Waals surface area contributed by atoms with E-state index < -0.39 is 0 Å². The van der Waals surface area contributed by atoms with Crippen LogP contribution in [-0.4, -0.2) is 4.98 Å². The Morgan fingerprint density at radius 3 is 2.67 bits per heavy atom. The topological polar surface area (TPSA) is 50.9 Å². The number of aromatic nitrogens is 1. The number of halogens is 1. The Bertz CT molecular complexity index is 523. The molecule has 4 heteroatoms. The maximum absolute atomic E-state index is 13.2. The average Bonchev–Trinajstić information content (AvgIpc) is 2.18. The van der Waals surface area contributed by atoms with Crippen LogP contribution < -0.4 is 11.3 Å². The van der Waals surface area contributed by atoms with Crippen LogP contribution >= 0.6 is 0 Å². The Kier molecular flexibility index (Phi) is 2.28. The van der Waals surface area contributed by atoms with Crippen molar-refractivity contribution in [3.63, 3.8) is 0 Å². The lowest BCUT2D eigenvalue weighted by molar-refractivity contribution is 0.628.